The predicted molar refractivity (Wildman–Crippen MR) is 46.8 cm³/mol. The van der Waals surface area contributed by atoms with Crippen molar-refractivity contribution in [2.24, 2.45) is 11.8 Å². The van der Waals surface area contributed by atoms with E-state index in [4.69, 9.17) is 5.84 Å². The highest BCUT2D eigenvalue weighted by molar-refractivity contribution is 4.66. The summed E-state index contributed by atoms with van der Waals surface area (Å²) in [7, 11) is 0. The Labute approximate surface area is 69.5 Å². The maximum Gasteiger partial charge on any atom is 0.106 e. The van der Waals surface area contributed by atoms with E-state index in [1.807, 2.05) is 5.43 Å². The zero-order chi connectivity index (χ0) is 8.10. The topological polar surface area (TPSA) is 42.6 Å². The summed E-state index contributed by atoms with van der Waals surface area (Å²) in [6, 6.07) is 0.690. The van der Waals surface area contributed by atoms with Gasteiger partial charge in [0.05, 0.1) is 0 Å². The summed E-state index contributed by atoms with van der Waals surface area (Å²) in [6.45, 7) is 2.33. The van der Waals surface area contributed by atoms with E-state index >= 15 is 0 Å². The van der Waals surface area contributed by atoms with Gasteiger partial charge in [-0.15, -0.1) is 0 Å². The van der Waals surface area contributed by atoms with E-state index in [-0.39, 0.29) is 0 Å². The summed E-state index contributed by atoms with van der Waals surface area (Å²) in [4.78, 5) is 0. The van der Waals surface area contributed by atoms with Crippen LogP contribution in [-0.4, -0.2) is 6.04 Å². The molecule has 0 saturated heterocycles. The number of hydrogen-bond acceptors (Lipinski definition) is 1. The van der Waals surface area contributed by atoms with Crippen LogP contribution in [0.2, 0.25) is 0 Å². The van der Waals surface area contributed by atoms with Crippen LogP contribution < -0.4 is 11.3 Å². The second-order valence-electron chi connectivity index (χ2n) is 3.83. The molecule has 0 radical (unpaired) electrons. The Kier molecular flexibility index (Phi) is 3.87. The highest BCUT2D eigenvalue weighted by atomic mass is 15.2. The maximum absolute atomic E-state index is 5.59. The molecule has 1 aliphatic carbocycles. The second-order valence-corrected chi connectivity index (χ2v) is 3.83. The molecule has 2 atom stereocenters. The zero-order valence-corrected chi connectivity index (χ0v) is 7.55. The minimum Gasteiger partial charge on any atom is -0.269 e. The quantitative estimate of drug-likeness (QED) is 0.429. The lowest BCUT2D eigenvalue weighted by molar-refractivity contribution is -0.708. The first-order valence-electron chi connectivity index (χ1n) is 4.89. The van der Waals surface area contributed by atoms with E-state index in [0.717, 1.165) is 5.92 Å². The molecule has 2 unspecified atom stereocenters. The molecule has 4 N–H and O–H groups in total. The first-order chi connectivity index (χ1) is 5.34. The van der Waals surface area contributed by atoms with Crippen LogP contribution in [0.1, 0.15) is 45.4 Å². The molecule has 2 nitrogen and oxygen atoms in total. The standard InChI is InChI=1S/C9H20N2/c1-8-6-4-2-3-5-7-9(8)11-10/h8-9,11H,2-7,10H2,1H3/p+1. The van der Waals surface area contributed by atoms with Crippen molar-refractivity contribution in [2.45, 2.75) is 51.5 Å². The third-order valence-electron chi connectivity index (χ3n) is 2.93. The highest BCUT2D eigenvalue weighted by Gasteiger charge is 2.20. The van der Waals surface area contributed by atoms with E-state index in [1.54, 1.807) is 0 Å². The second kappa shape index (κ2) is 4.73. The normalized spacial score (nSPS) is 34.4. The van der Waals surface area contributed by atoms with Crippen molar-refractivity contribution in [3.05, 3.63) is 0 Å². The third-order valence-corrected chi connectivity index (χ3v) is 2.93. The van der Waals surface area contributed by atoms with E-state index in [1.165, 1.54) is 38.5 Å². The number of quaternary nitrogens is 1. The zero-order valence-electron chi connectivity index (χ0n) is 7.55. The highest BCUT2D eigenvalue weighted by Crippen LogP contribution is 2.19. The van der Waals surface area contributed by atoms with Gasteiger partial charge in [-0.25, -0.2) is 0 Å². The molecule has 11 heavy (non-hydrogen) atoms. The van der Waals surface area contributed by atoms with Crippen LogP contribution >= 0.6 is 0 Å². The number of nitrogens with two attached hydrogens (primary N) is 2. The molecule has 0 bridgehead atoms. The van der Waals surface area contributed by atoms with Crippen molar-refractivity contribution in [2.75, 3.05) is 0 Å². The van der Waals surface area contributed by atoms with Crippen molar-refractivity contribution in [3.8, 4) is 0 Å². The van der Waals surface area contributed by atoms with E-state index in [0.29, 0.717) is 6.04 Å². The molecule has 0 amide bonds. The summed E-state index contributed by atoms with van der Waals surface area (Å²) in [5, 5.41) is 0. The van der Waals surface area contributed by atoms with Gasteiger partial charge in [0.1, 0.15) is 6.04 Å². The van der Waals surface area contributed by atoms with Crippen LogP contribution in [0, 0.1) is 5.92 Å². The van der Waals surface area contributed by atoms with Gasteiger partial charge in [0.25, 0.3) is 0 Å². The minimum atomic E-state index is 0.690. The molecule has 2 heteroatoms. The van der Waals surface area contributed by atoms with Gasteiger partial charge >= 0.3 is 0 Å². The van der Waals surface area contributed by atoms with Crippen LogP contribution in [-0.2, 0) is 0 Å². The van der Waals surface area contributed by atoms with Crippen molar-refractivity contribution in [1.29, 1.82) is 0 Å². The van der Waals surface area contributed by atoms with Crippen molar-refractivity contribution < 1.29 is 5.43 Å². The average molecular weight is 157 g/mol. The first kappa shape index (κ1) is 9.01. The van der Waals surface area contributed by atoms with Gasteiger partial charge < -0.3 is 0 Å². The maximum atomic E-state index is 5.59. The summed E-state index contributed by atoms with van der Waals surface area (Å²) in [6.07, 6.45) is 8.32. The van der Waals surface area contributed by atoms with Gasteiger partial charge in [0.2, 0.25) is 0 Å². The van der Waals surface area contributed by atoms with E-state index < -0.39 is 0 Å². The Bertz CT molecular complexity index is 104. The summed E-state index contributed by atoms with van der Waals surface area (Å²) < 4.78 is 0. The molecule has 0 heterocycles. The summed E-state index contributed by atoms with van der Waals surface area (Å²) in [5.41, 5.74) is 1.91. The smallest absolute Gasteiger partial charge is 0.106 e. The van der Waals surface area contributed by atoms with Gasteiger partial charge in [-0.3, -0.25) is 5.43 Å². The molecular formula is C9H21N2+. The molecule has 0 aromatic carbocycles. The van der Waals surface area contributed by atoms with Crippen LogP contribution in [0.5, 0.6) is 0 Å². The van der Waals surface area contributed by atoms with E-state index in [9.17, 15) is 0 Å². The molecular weight excluding hydrogens is 136 g/mol. The van der Waals surface area contributed by atoms with Crippen LogP contribution in [0.25, 0.3) is 0 Å². The lowest BCUT2D eigenvalue weighted by Crippen LogP contribution is -2.97. The Morgan fingerprint density at radius 2 is 1.73 bits per heavy atom. The van der Waals surface area contributed by atoms with Crippen LogP contribution in [0.4, 0.5) is 0 Å². The fourth-order valence-corrected chi connectivity index (χ4v) is 1.98. The molecule has 0 aliphatic heterocycles. The molecule has 0 aromatic heterocycles. The molecule has 0 aromatic rings. The van der Waals surface area contributed by atoms with Crippen molar-refractivity contribution >= 4 is 0 Å². The largest absolute Gasteiger partial charge is 0.269 e. The van der Waals surface area contributed by atoms with Gasteiger partial charge in [0.15, 0.2) is 0 Å². The van der Waals surface area contributed by atoms with Gasteiger partial charge in [-0.1, -0.05) is 26.2 Å². The third kappa shape index (κ3) is 2.80. The van der Waals surface area contributed by atoms with Crippen molar-refractivity contribution in [1.82, 2.24) is 0 Å². The Morgan fingerprint density at radius 3 is 2.36 bits per heavy atom. The molecule has 66 valence electrons. The Morgan fingerprint density at radius 1 is 1.09 bits per heavy atom. The Hall–Kier alpha value is -0.0800. The number of hydrogen-bond donors (Lipinski definition) is 2. The van der Waals surface area contributed by atoms with Gasteiger partial charge in [0, 0.05) is 12.3 Å². The molecule has 1 fully saturated rings. The van der Waals surface area contributed by atoms with Gasteiger partial charge in [-0.2, -0.15) is 5.84 Å². The fraction of sp³-hybridized carbons (Fsp3) is 1.00. The fourth-order valence-electron chi connectivity index (χ4n) is 1.98. The Balaban J connectivity index is 2.33. The van der Waals surface area contributed by atoms with Crippen LogP contribution in [0.15, 0.2) is 0 Å². The summed E-state index contributed by atoms with van der Waals surface area (Å²) >= 11 is 0. The van der Waals surface area contributed by atoms with Crippen molar-refractivity contribution in [3.63, 3.8) is 0 Å². The lowest BCUT2D eigenvalue weighted by atomic mass is 9.89. The summed E-state index contributed by atoms with van der Waals surface area (Å²) in [5.74, 6) is 6.41. The van der Waals surface area contributed by atoms with Crippen LogP contribution in [0.3, 0.4) is 0 Å². The van der Waals surface area contributed by atoms with E-state index in [2.05, 4.69) is 6.92 Å². The van der Waals surface area contributed by atoms with Gasteiger partial charge in [-0.05, 0) is 12.8 Å². The first-order valence-corrected chi connectivity index (χ1v) is 4.89. The molecule has 1 saturated carbocycles. The minimum absolute atomic E-state index is 0.690. The predicted octanol–water partition coefficient (Wildman–Crippen LogP) is 0.782. The molecule has 1 rings (SSSR count). The SMILES string of the molecule is CC1CCCCCCC1[NH2+]N. The number of rotatable bonds is 1. The monoisotopic (exact) mass is 157 g/mol. The average Bonchev–Trinajstić information content (AvgIpc) is 1.98. The molecule has 1 aliphatic rings. The lowest BCUT2D eigenvalue weighted by Gasteiger charge is -2.22. The molecule has 0 spiro atoms.